The van der Waals surface area contributed by atoms with Crippen LogP contribution in [0.15, 0.2) is 12.1 Å². The molecule has 122 valence electrons. The fourth-order valence-corrected chi connectivity index (χ4v) is 10.7. The molecule has 1 aromatic carbocycles. The van der Waals surface area contributed by atoms with Crippen molar-refractivity contribution in [2.75, 3.05) is 6.61 Å². The van der Waals surface area contributed by atoms with Gasteiger partial charge >= 0.3 is 0 Å². The average molecular weight is 319 g/mol. The van der Waals surface area contributed by atoms with Gasteiger partial charge in [0.1, 0.15) is 11.5 Å². The van der Waals surface area contributed by atoms with Crippen LogP contribution in [0.1, 0.15) is 59.1 Å². The van der Waals surface area contributed by atoms with Gasteiger partial charge in [-0.15, -0.1) is 0 Å². The third-order valence-corrected chi connectivity index (χ3v) is 12.0. The summed E-state index contributed by atoms with van der Waals surface area (Å²) in [6, 6.07) is 4.36. The van der Waals surface area contributed by atoms with E-state index >= 15 is 0 Å². The van der Waals surface area contributed by atoms with E-state index in [0.29, 0.717) is 16.6 Å². The first kappa shape index (κ1) is 15.9. The fraction of sp³-hybridized carbons (Fsp3) is 0.684. The molecule has 2 atom stereocenters. The Morgan fingerprint density at radius 3 is 2.41 bits per heavy atom. The first-order valence-corrected chi connectivity index (χ1v) is 10.8. The van der Waals surface area contributed by atoms with Crippen molar-refractivity contribution in [1.29, 1.82) is 0 Å². The van der Waals surface area contributed by atoms with Gasteiger partial charge in [-0.05, 0) is 41.6 Å². The molecule has 3 rings (SSSR count). The number of rotatable bonds is 2. The minimum Gasteiger partial charge on any atom is -0.542 e. The molecule has 0 saturated heterocycles. The van der Waals surface area contributed by atoms with Crippen LogP contribution in [0.3, 0.4) is 0 Å². The van der Waals surface area contributed by atoms with Gasteiger partial charge in [-0.25, -0.2) is 0 Å². The highest BCUT2D eigenvalue weighted by Gasteiger charge is 2.55. The second-order valence-electron chi connectivity index (χ2n) is 8.30. The van der Waals surface area contributed by atoms with Gasteiger partial charge in [0.2, 0.25) is 0 Å². The van der Waals surface area contributed by atoms with Crippen molar-refractivity contribution in [3.05, 3.63) is 23.3 Å². The third kappa shape index (κ3) is 1.97. The first-order valence-electron chi connectivity index (χ1n) is 8.68. The van der Waals surface area contributed by atoms with Crippen molar-refractivity contribution in [3.8, 4) is 11.5 Å². The lowest BCUT2D eigenvalue weighted by Crippen LogP contribution is -2.51. The van der Waals surface area contributed by atoms with Gasteiger partial charge in [-0.3, -0.25) is 0 Å². The van der Waals surface area contributed by atoms with Crippen molar-refractivity contribution in [2.45, 2.75) is 76.9 Å². The van der Waals surface area contributed by atoms with Crippen LogP contribution in [0.2, 0.25) is 16.6 Å². The average Bonchev–Trinajstić information content (AvgIpc) is 2.71. The van der Waals surface area contributed by atoms with E-state index in [0.717, 1.165) is 18.1 Å². The second-order valence-corrected chi connectivity index (χ2v) is 13.5. The van der Waals surface area contributed by atoms with Crippen LogP contribution >= 0.6 is 0 Å². The van der Waals surface area contributed by atoms with Crippen LogP contribution in [0.25, 0.3) is 0 Å². The largest absolute Gasteiger partial charge is 0.542 e. The summed E-state index contributed by atoms with van der Waals surface area (Å²) < 4.78 is 13.0. The Bertz CT molecular complexity index is 585. The number of hydrogen-bond donors (Lipinski definition) is 0. The molecule has 0 aliphatic carbocycles. The highest BCUT2D eigenvalue weighted by Crippen LogP contribution is 2.57. The molecule has 2 aliphatic heterocycles. The number of aryl methyl sites for hydroxylation is 1. The summed E-state index contributed by atoms with van der Waals surface area (Å²) in [6.45, 7) is 17.2. The summed E-state index contributed by atoms with van der Waals surface area (Å²) in [5.74, 6) is 2.20. The summed E-state index contributed by atoms with van der Waals surface area (Å²) in [5, 5.41) is 0. The van der Waals surface area contributed by atoms with E-state index in [9.17, 15) is 0 Å². The van der Waals surface area contributed by atoms with Crippen molar-refractivity contribution in [2.24, 2.45) is 0 Å². The lowest BCUT2D eigenvalue weighted by Gasteiger charge is -2.43. The third-order valence-electron chi connectivity index (χ3n) is 6.07. The molecular formula is C19H30O2Si. The van der Waals surface area contributed by atoms with Crippen molar-refractivity contribution < 1.29 is 9.16 Å². The van der Waals surface area contributed by atoms with Gasteiger partial charge in [0, 0.05) is 11.0 Å². The molecule has 22 heavy (non-hydrogen) atoms. The highest BCUT2D eigenvalue weighted by atomic mass is 28.4. The number of ether oxygens (including phenoxy) is 1. The summed E-state index contributed by atoms with van der Waals surface area (Å²) in [7, 11) is -1.89. The Morgan fingerprint density at radius 2 is 1.82 bits per heavy atom. The van der Waals surface area contributed by atoms with Gasteiger partial charge in [-0.1, -0.05) is 47.6 Å². The van der Waals surface area contributed by atoms with Gasteiger partial charge in [0.15, 0.2) is 0 Å². The zero-order valence-electron chi connectivity index (χ0n) is 15.1. The molecule has 0 N–H and O–H groups in total. The van der Waals surface area contributed by atoms with E-state index in [1.54, 1.807) is 0 Å². The Hall–Kier alpha value is -0.963. The van der Waals surface area contributed by atoms with Crippen LogP contribution in [-0.2, 0) is 5.41 Å². The van der Waals surface area contributed by atoms with E-state index in [-0.39, 0.29) is 5.41 Å². The summed E-state index contributed by atoms with van der Waals surface area (Å²) in [6.07, 6.45) is 1.18. The zero-order chi connectivity index (χ0) is 16.3. The van der Waals surface area contributed by atoms with E-state index in [2.05, 4.69) is 60.6 Å². The van der Waals surface area contributed by atoms with E-state index in [4.69, 9.17) is 9.16 Å². The number of hydrogen-bond acceptors (Lipinski definition) is 2. The Kier molecular flexibility index (Phi) is 3.63. The topological polar surface area (TPSA) is 18.5 Å². The molecule has 2 heterocycles. The van der Waals surface area contributed by atoms with Crippen LogP contribution < -0.4 is 9.16 Å². The molecule has 1 aromatic rings. The van der Waals surface area contributed by atoms with Crippen LogP contribution in [0.4, 0.5) is 0 Å². The minimum absolute atomic E-state index is 0.106. The van der Waals surface area contributed by atoms with Crippen LogP contribution in [0, 0.1) is 6.92 Å². The Labute approximate surface area is 136 Å². The van der Waals surface area contributed by atoms with Crippen LogP contribution in [-0.4, -0.2) is 14.9 Å². The highest BCUT2D eigenvalue weighted by molar-refractivity contribution is 6.78. The lowest BCUT2D eigenvalue weighted by atomic mass is 9.79. The Balaban J connectivity index is 2.22. The summed E-state index contributed by atoms with van der Waals surface area (Å²) in [4.78, 5) is 0. The van der Waals surface area contributed by atoms with E-state index < -0.39 is 8.32 Å². The van der Waals surface area contributed by atoms with Gasteiger partial charge < -0.3 is 9.16 Å². The molecule has 2 aliphatic rings. The molecule has 0 radical (unpaired) electrons. The molecule has 0 fully saturated rings. The molecule has 0 saturated carbocycles. The maximum absolute atomic E-state index is 6.95. The maximum Gasteiger partial charge on any atom is 0.259 e. The molecule has 0 aromatic heterocycles. The van der Waals surface area contributed by atoms with E-state index in [1.807, 2.05) is 0 Å². The summed E-state index contributed by atoms with van der Waals surface area (Å²) >= 11 is 0. The van der Waals surface area contributed by atoms with Crippen molar-refractivity contribution in [1.82, 2.24) is 0 Å². The Morgan fingerprint density at radius 1 is 1.18 bits per heavy atom. The molecular weight excluding hydrogens is 288 g/mol. The van der Waals surface area contributed by atoms with Crippen molar-refractivity contribution >= 4 is 8.32 Å². The van der Waals surface area contributed by atoms with Gasteiger partial charge in [0.05, 0.1) is 6.61 Å². The van der Waals surface area contributed by atoms with Crippen molar-refractivity contribution in [3.63, 3.8) is 0 Å². The lowest BCUT2D eigenvalue weighted by molar-refractivity contribution is 0.264. The number of benzene rings is 1. The normalized spacial score (nSPS) is 29.0. The molecule has 3 heteroatoms. The molecule has 2 unspecified atom stereocenters. The smallest absolute Gasteiger partial charge is 0.259 e. The predicted octanol–water partition coefficient (Wildman–Crippen LogP) is 5.58. The second kappa shape index (κ2) is 5.02. The molecule has 0 spiro atoms. The minimum atomic E-state index is -1.89. The molecule has 2 nitrogen and oxygen atoms in total. The first-order chi connectivity index (χ1) is 10.2. The quantitative estimate of drug-likeness (QED) is 0.662. The van der Waals surface area contributed by atoms with Gasteiger partial charge in [-0.2, -0.15) is 0 Å². The predicted molar refractivity (Wildman–Crippen MR) is 94.6 cm³/mol. The van der Waals surface area contributed by atoms with Crippen LogP contribution in [0.5, 0.6) is 11.5 Å². The maximum atomic E-state index is 6.95. The zero-order valence-corrected chi connectivity index (χ0v) is 16.1. The summed E-state index contributed by atoms with van der Waals surface area (Å²) in [5.41, 5.74) is 4.54. The fourth-order valence-electron chi connectivity index (χ4n) is 5.14. The van der Waals surface area contributed by atoms with Gasteiger partial charge in [0.25, 0.3) is 8.32 Å². The molecule has 0 bridgehead atoms. The monoisotopic (exact) mass is 318 g/mol. The van der Waals surface area contributed by atoms with E-state index in [1.165, 1.54) is 17.5 Å². The SMILES string of the molecule is Cc1ccc2c3c1OCC3(C)CC(C)[Si](C(C)C)(C(C)C)O2. The molecule has 0 amide bonds. The standard InChI is InChI=1S/C19H30O2Si/c1-12(2)22(13(3)4)15(6)10-19(7)11-20-18-14(5)8-9-16(21-22)17(18)19/h8-9,12-13,15H,10-11H2,1-7H3.